The lowest BCUT2D eigenvalue weighted by Gasteiger charge is -2.12. The summed E-state index contributed by atoms with van der Waals surface area (Å²) in [6.07, 6.45) is 7.78. The van der Waals surface area contributed by atoms with Crippen LogP contribution in [0.4, 0.5) is 23.4 Å². The van der Waals surface area contributed by atoms with E-state index in [1.807, 2.05) is 6.92 Å². The van der Waals surface area contributed by atoms with E-state index in [0.29, 0.717) is 29.1 Å². The number of aromatic nitrogens is 5. The van der Waals surface area contributed by atoms with Gasteiger partial charge in [-0.05, 0) is 37.3 Å². The Bertz CT molecular complexity index is 1230. The number of aromatic amines is 1. The molecule has 0 atom stereocenters. The maximum absolute atomic E-state index is 13.5. The van der Waals surface area contributed by atoms with E-state index in [1.54, 1.807) is 16.9 Å². The van der Waals surface area contributed by atoms with Crippen LogP contribution in [0.2, 0.25) is 0 Å². The fourth-order valence-corrected chi connectivity index (χ4v) is 3.19. The Morgan fingerprint density at radius 2 is 2.12 bits per heavy atom. The third kappa shape index (κ3) is 6.04. The Morgan fingerprint density at radius 3 is 2.79 bits per heavy atom. The number of rotatable bonds is 9. The number of hydrogen-bond donors (Lipinski definition) is 2. The Labute approximate surface area is 193 Å². The standard InChI is InChI=1S/C23H22F4N6O/c1-3-5-7-17(24)8-6-9-34-19-11-16(13-29-22(19)28)21-15(14-30-33(21)4-2)10-18-12-20(32-31-18)23(25,26)27/h1,5,7-8,11-14H,4,6,9-10H2,2H3,(H2,28,29)(H,31,32)/b7-5-,17-8+. The van der Waals surface area contributed by atoms with Gasteiger partial charge in [-0.1, -0.05) is 5.92 Å². The summed E-state index contributed by atoms with van der Waals surface area (Å²) >= 11 is 0. The van der Waals surface area contributed by atoms with E-state index in [0.717, 1.165) is 6.07 Å². The molecule has 0 aliphatic heterocycles. The van der Waals surface area contributed by atoms with Crippen LogP contribution < -0.4 is 10.5 Å². The summed E-state index contributed by atoms with van der Waals surface area (Å²) in [4.78, 5) is 4.17. The third-order valence-electron chi connectivity index (χ3n) is 4.73. The van der Waals surface area contributed by atoms with Crippen LogP contribution in [-0.2, 0) is 19.1 Å². The van der Waals surface area contributed by atoms with Crippen LogP contribution in [-0.4, -0.2) is 31.6 Å². The van der Waals surface area contributed by atoms with Crippen LogP contribution in [0.3, 0.4) is 0 Å². The van der Waals surface area contributed by atoms with Crippen molar-refractivity contribution in [2.75, 3.05) is 12.3 Å². The number of aryl methyl sites for hydroxylation is 1. The number of terminal acetylenes is 1. The molecule has 0 unspecified atom stereocenters. The molecule has 0 radical (unpaired) electrons. The number of halogens is 4. The second-order valence-corrected chi connectivity index (χ2v) is 7.12. The molecule has 0 aliphatic carbocycles. The fraction of sp³-hybridized carbons (Fsp3) is 0.261. The van der Waals surface area contributed by atoms with Crippen LogP contribution >= 0.6 is 0 Å². The molecule has 11 heteroatoms. The molecule has 3 N–H and O–H groups in total. The summed E-state index contributed by atoms with van der Waals surface area (Å²) in [6.45, 7) is 2.54. The van der Waals surface area contributed by atoms with Crippen LogP contribution in [0.25, 0.3) is 11.3 Å². The van der Waals surface area contributed by atoms with Gasteiger partial charge in [0.15, 0.2) is 17.3 Å². The van der Waals surface area contributed by atoms with Gasteiger partial charge < -0.3 is 10.5 Å². The highest BCUT2D eigenvalue weighted by atomic mass is 19.4. The number of alkyl halides is 3. The molecule has 7 nitrogen and oxygen atoms in total. The predicted octanol–water partition coefficient (Wildman–Crippen LogP) is 4.69. The number of H-pyrrole nitrogens is 1. The second kappa shape index (κ2) is 10.7. The van der Waals surface area contributed by atoms with Crippen molar-refractivity contribution in [3.8, 4) is 29.4 Å². The number of anilines is 1. The average Bonchev–Trinajstić information content (AvgIpc) is 3.43. The van der Waals surface area contributed by atoms with E-state index in [1.165, 1.54) is 24.4 Å². The van der Waals surface area contributed by atoms with Gasteiger partial charge in [0, 0.05) is 42.4 Å². The highest BCUT2D eigenvalue weighted by Crippen LogP contribution is 2.32. The van der Waals surface area contributed by atoms with E-state index >= 15 is 0 Å². The quantitative estimate of drug-likeness (QED) is 0.203. The number of ether oxygens (including phenoxy) is 1. The van der Waals surface area contributed by atoms with Gasteiger partial charge in [0.25, 0.3) is 0 Å². The maximum Gasteiger partial charge on any atom is 0.435 e. The van der Waals surface area contributed by atoms with Crippen molar-refractivity contribution >= 4 is 5.82 Å². The molecule has 0 saturated heterocycles. The Morgan fingerprint density at radius 1 is 1.32 bits per heavy atom. The third-order valence-corrected chi connectivity index (χ3v) is 4.73. The molecule has 3 rings (SSSR count). The van der Waals surface area contributed by atoms with Crippen LogP contribution in [0.5, 0.6) is 5.75 Å². The zero-order valence-corrected chi connectivity index (χ0v) is 18.2. The molecular formula is C23H22F4N6O. The monoisotopic (exact) mass is 474 g/mol. The molecule has 3 aromatic heterocycles. The maximum atomic E-state index is 13.5. The number of nitrogens with two attached hydrogens (primary N) is 1. The number of pyridine rings is 1. The van der Waals surface area contributed by atoms with Gasteiger partial charge in [0.1, 0.15) is 5.83 Å². The summed E-state index contributed by atoms with van der Waals surface area (Å²) < 4.78 is 59.5. The zero-order valence-electron chi connectivity index (χ0n) is 18.2. The lowest BCUT2D eigenvalue weighted by molar-refractivity contribution is -0.141. The molecule has 0 aromatic carbocycles. The van der Waals surface area contributed by atoms with Gasteiger partial charge in [0.2, 0.25) is 0 Å². The largest absolute Gasteiger partial charge is 0.489 e. The normalized spacial score (nSPS) is 12.3. The molecule has 178 valence electrons. The van der Waals surface area contributed by atoms with E-state index < -0.39 is 17.7 Å². The first-order valence-corrected chi connectivity index (χ1v) is 10.3. The molecular weight excluding hydrogens is 452 g/mol. The second-order valence-electron chi connectivity index (χ2n) is 7.12. The van der Waals surface area contributed by atoms with Gasteiger partial charge in [0.05, 0.1) is 18.5 Å². The molecule has 0 aliphatic rings. The molecule has 0 amide bonds. The number of nitrogen functional groups attached to an aromatic ring is 1. The molecule has 3 aromatic rings. The van der Waals surface area contributed by atoms with E-state index in [4.69, 9.17) is 16.9 Å². The van der Waals surface area contributed by atoms with Crippen LogP contribution in [0.1, 0.15) is 30.3 Å². The first kappa shape index (κ1) is 24.6. The molecule has 3 heterocycles. The lowest BCUT2D eigenvalue weighted by atomic mass is 10.1. The van der Waals surface area contributed by atoms with Crippen molar-refractivity contribution in [3.63, 3.8) is 0 Å². The predicted molar refractivity (Wildman–Crippen MR) is 119 cm³/mol. The lowest BCUT2D eigenvalue weighted by Crippen LogP contribution is -2.05. The summed E-state index contributed by atoms with van der Waals surface area (Å²) in [5.41, 5.74) is 7.17. The summed E-state index contributed by atoms with van der Waals surface area (Å²) in [7, 11) is 0. The van der Waals surface area contributed by atoms with Crippen molar-refractivity contribution in [2.24, 2.45) is 0 Å². The molecule has 0 spiro atoms. The smallest absolute Gasteiger partial charge is 0.435 e. The van der Waals surface area contributed by atoms with Gasteiger partial charge in [-0.2, -0.15) is 23.4 Å². The molecule has 34 heavy (non-hydrogen) atoms. The number of allylic oxidation sites excluding steroid dienone is 3. The fourth-order valence-electron chi connectivity index (χ4n) is 3.19. The van der Waals surface area contributed by atoms with Crippen molar-refractivity contribution in [2.45, 2.75) is 32.5 Å². The highest BCUT2D eigenvalue weighted by Gasteiger charge is 2.34. The Hall–Kier alpha value is -4.07. The molecule has 0 bridgehead atoms. The Kier molecular flexibility index (Phi) is 7.73. The number of nitrogens with one attached hydrogen (secondary N) is 1. The summed E-state index contributed by atoms with van der Waals surface area (Å²) in [5.74, 6) is 2.16. The first-order chi connectivity index (χ1) is 16.2. The van der Waals surface area contributed by atoms with Crippen molar-refractivity contribution in [1.82, 2.24) is 25.0 Å². The highest BCUT2D eigenvalue weighted by molar-refractivity contribution is 5.67. The minimum atomic E-state index is -4.53. The van der Waals surface area contributed by atoms with Crippen LogP contribution in [0, 0.1) is 12.3 Å². The van der Waals surface area contributed by atoms with Gasteiger partial charge in [-0.3, -0.25) is 9.78 Å². The van der Waals surface area contributed by atoms with Crippen molar-refractivity contribution in [3.05, 3.63) is 65.5 Å². The van der Waals surface area contributed by atoms with Gasteiger partial charge >= 0.3 is 6.18 Å². The van der Waals surface area contributed by atoms with Gasteiger partial charge in [-0.15, -0.1) is 6.42 Å². The molecule has 0 fully saturated rings. The Balaban J connectivity index is 1.82. The zero-order chi connectivity index (χ0) is 24.7. The van der Waals surface area contributed by atoms with E-state index in [9.17, 15) is 17.6 Å². The van der Waals surface area contributed by atoms with E-state index in [-0.39, 0.29) is 31.0 Å². The molecule has 0 saturated carbocycles. The SMILES string of the molecule is C#C/C=C\C(F)=C/CCOc1cc(-c2c(Cc3cc(C(F)(F)F)n[nH]3)cnn2CC)cnc1N. The topological polar surface area (TPSA) is 94.6 Å². The summed E-state index contributed by atoms with van der Waals surface area (Å²) in [6, 6.07) is 2.63. The van der Waals surface area contributed by atoms with Crippen molar-refractivity contribution in [1.29, 1.82) is 0 Å². The number of hydrogen-bond acceptors (Lipinski definition) is 5. The van der Waals surface area contributed by atoms with E-state index in [2.05, 4.69) is 26.2 Å². The minimum absolute atomic E-state index is 0.140. The average molecular weight is 474 g/mol. The van der Waals surface area contributed by atoms with Gasteiger partial charge in [-0.25, -0.2) is 9.37 Å². The first-order valence-electron chi connectivity index (χ1n) is 10.3. The van der Waals surface area contributed by atoms with Crippen LogP contribution in [0.15, 0.2) is 48.6 Å². The number of nitrogens with zero attached hydrogens (tertiary/aromatic N) is 4. The summed E-state index contributed by atoms with van der Waals surface area (Å²) in [5, 5.41) is 10.1. The minimum Gasteiger partial charge on any atom is -0.489 e. The van der Waals surface area contributed by atoms with Crippen molar-refractivity contribution < 1.29 is 22.3 Å².